The molecule has 10 heteroatoms. The number of benzene rings is 5. The van der Waals surface area contributed by atoms with Crippen LogP contribution in [0.15, 0.2) is 97.1 Å². The highest BCUT2D eigenvalue weighted by Crippen LogP contribution is 2.32. The van der Waals surface area contributed by atoms with E-state index in [4.69, 9.17) is 31.3 Å². The van der Waals surface area contributed by atoms with E-state index in [0.29, 0.717) is 65.9 Å². The van der Waals surface area contributed by atoms with E-state index in [-0.39, 0.29) is 16.9 Å². The molecule has 0 aliphatic heterocycles. The van der Waals surface area contributed by atoms with Gasteiger partial charge < -0.3 is 9.84 Å². The molecule has 0 aliphatic carbocycles. The highest BCUT2D eigenvalue weighted by molar-refractivity contribution is 6.30. The molecule has 230 valence electrons. The maximum absolute atomic E-state index is 14.1. The van der Waals surface area contributed by atoms with Crippen LogP contribution in [-0.2, 0) is 4.74 Å². The van der Waals surface area contributed by atoms with Gasteiger partial charge in [0.25, 0.3) is 0 Å². The van der Waals surface area contributed by atoms with Gasteiger partial charge in [-0.15, -0.1) is 0 Å². The van der Waals surface area contributed by atoms with E-state index < -0.39 is 24.0 Å². The zero-order chi connectivity index (χ0) is 32.8. The molecule has 0 bridgehead atoms. The number of ether oxygens (including phenoxy) is 1. The first-order valence-electron chi connectivity index (χ1n) is 14.8. The summed E-state index contributed by atoms with van der Waals surface area (Å²) in [6, 6.07) is 27.5. The lowest BCUT2D eigenvalue weighted by molar-refractivity contribution is 0.0340. The summed E-state index contributed by atoms with van der Waals surface area (Å²) in [4.78, 5) is 57.8. The van der Waals surface area contributed by atoms with Crippen LogP contribution < -0.4 is 0 Å². The molecule has 7 rings (SSSR count). The average molecular weight is 641 g/mol. The number of para-hydroxylation sites is 4. The molecule has 2 heterocycles. The standard InChI is InChI=1S/C37H25ClN4O5/c1-19(23-10-4-14-27-31(23)39-30-17-7-13-26(36(44)45)34(30)42-27)35(43)25-12-6-16-29-33(25)41-28-15-5-11-24(32(28)40-29)20(2)47-37(46)21-8-3-9-22(38)18-21/h3-20H,1-2H3,(H,44,45). The molecule has 0 amide bonds. The smallest absolute Gasteiger partial charge is 0.338 e. The lowest BCUT2D eigenvalue weighted by atomic mass is 9.90. The molecule has 2 aromatic heterocycles. The summed E-state index contributed by atoms with van der Waals surface area (Å²) in [5.74, 6) is -2.42. The SMILES string of the molecule is CC(OC(=O)c1cccc(Cl)c1)c1cccc2nc3c(C(=O)C(C)c4cccc5nc6c(C(=O)O)cccc6nc45)cccc3nc12. The summed E-state index contributed by atoms with van der Waals surface area (Å²) in [6.45, 7) is 3.57. The van der Waals surface area contributed by atoms with E-state index in [9.17, 15) is 19.5 Å². The van der Waals surface area contributed by atoms with Crippen molar-refractivity contribution >= 4 is 73.5 Å². The molecular weight excluding hydrogens is 616 g/mol. The largest absolute Gasteiger partial charge is 0.478 e. The van der Waals surface area contributed by atoms with Crippen LogP contribution in [0, 0.1) is 0 Å². The third-order valence-corrected chi connectivity index (χ3v) is 8.42. The summed E-state index contributed by atoms with van der Waals surface area (Å²) in [6.07, 6.45) is -0.642. The third-order valence-electron chi connectivity index (χ3n) is 8.19. The monoisotopic (exact) mass is 640 g/mol. The molecule has 0 saturated heterocycles. The summed E-state index contributed by atoms with van der Waals surface area (Å²) in [5, 5.41) is 10.1. The summed E-state index contributed by atoms with van der Waals surface area (Å²) < 4.78 is 5.76. The molecule has 0 saturated carbocycles. The second-order valence-electron chi connectivity index (χ2n) is 11.2. The Morgan fingerprint density at radius 1 is 0.638 bits per heavy atom. The van der Waals surface area contributed by atoms with Crippen LogP contribution in [0.1, 0.15) is 68.1 Å². The molecule has 2 unspecified atom stereocenters. The Morgan fingerprint density at radius 2 is 1.13 bits per heavy atom. The van der Waals surface area contributed by atoms with Gasteiger partial charge >= 0.3 is 11.9 Å². The summed E-state index contributed by atoms with van der Waals surface area (Å²) in [5.41, 5.74) is 5.91. The van der Waals surface area contributed by atoms with Gasteiger partial charge in [-0.3, -0.25) is 4.79 Å². The van der Waals surface area contributed by atoms with Crippen molar-refractivity contribution < 1.29 is 24.2 Å². The number of nitrogens with zero attached hydrogens (tertiary/aromatic N) is 4. The Morgan fingerprint density at radius 3 is 1.74 bits per heavy atom. The van der Waals surface area contributed by atoms with E-state index in [0.717, 1.165) is 0 Å². The molecule has 0 fully saturated rings. The fraction of sp³-hybridized carbons (Fsp3) is 0.108. The van der Waals surface area contributed by atoms with Crippen LogP contribution in [0.5, 0.6) is 0 Å². The molecule has 0 aliphatic rings. The van der Waals surface area contributed by atoms with Gasteiger partial charge in [0.05, 0.1) is 44.2 Å². The Bertz CT molecular complexity index is 2430. The third kappa shape index (κ3) is 5.40. The first-order chi connectivity index (χ1) is 22.7. The van der Waals surface area contributed by atoms with Crippen LogP contribution in [0.2, 0.25) is 5.02 Å². The minimum atomic E-state index is -1.09. The molecule has 1 N–H and O–H groups in total. The number of hydrogen-bond donors (Lipinski definition) is 1. The highest BCUT2D eigenvalue weighted by atomic mass is 35.5. The number of halogens is 1. The number of fused-ring (bicyclic) bond motifs is 4. The minimum Gasteiger partial charge on any atom is -0.478 e. The highest BCUT2D eigenvalue weighted by Gasteiger charge is 2.25. The van der Waals surface area contributed by atoms with E-state index in [1.165, 1.54) is 6.07 Å². The van der Waals surface area contributed by atoms with Gasteiger partial charge in [0.2, 0.25) is 0 Å². The first kappa shape index (κ1) is 29.9. The second kappa shape index (κ2) is 11.9. The van der Waals surface area contributed by atoms with Crippen molar-refractivity contribution in [3.63, 3.8) is 0 Å². The predicted molar refractivity (Wildman–Crippen MR) is 179 cm³/mol. The van der Waals surface area contributed by atoms with Crippen LogP contribution in [0.3, 0.4) is 0 Å². The fourth-order valence-electron chi connectivity index (χ4n) is 5.81. The number of aromatic carboxylic acids is 1. The van der Waals surface area contributed by atoms with Gasteiger partial charge in [0.15, 0.2) is 5.78 Å². The quantitative estimate of drug-likeness (QED) is 0.104. The molecule has 47 heavy (non-hydrogen) atoms. The van der Waals surface area contributed by atoms with Gasteiger partial charge in [0, 0.05) is 22.1 Å². The molecule has 9 nitrogen and oxygen atoms in total. The number of ketones is 1. The normalized spacial score (nSPS) is 12.7. The average Bonchev–Trinajstić information content (AvgIpc) is 3.08. The van der Waals surface area contributed by atoms with E-state index in [2.05, 4.69) is 4.98 Å². The van der Waals surface area contributed by atoms with Crippen molar-refractivity contribution in [1.29, 1.82) is 0 Å². The van der Waals surface area contributed by atoms with Crippen molar-refractivity contribution in [3.8, 4) is 0 Å². The summed E-state index contributed by atoms with van der Waals surface area (Å²) in [7, 11) is 0. The lowest BCUT2D eigenvalue weighted by Gasteiger charge is -2.17. The van der Waals surface area contributed by atoms with E-state index >= 15 is 0 Å². The molecule has 0 radical (unpaired) electrons. The maximum atomic E-state index is 14.1. The number of aromatic nitrogens is 4. The first-order valence-corrected chi connectivity index (χ1v) is 15.2. The van der Waals surface area contributed by atoms with Gasteiger partial charge in [0.1, 0.15) is 17.1 Å². The Kier molecular flexibility index (Phi) is 7.54. The van der Waals surface area contributed by atoms with Crippen molar-refractivity contribution in [3.05, 3.63) is 130 Å². The predicted octanol–water partition coefficient (Wildman–Crippen LogP) is 8.14. The van der Waals surface area contributed by atoms with Gasteiger partial charge in [-0.1, -0.05) is 61.0 Å². The Hall–Kier alpha value is -5.80. The fourth-order valence-corrected chi connectivity index (χ4v) is 6.00. The Labute approximate surface area is 272 Å². The molecule has 5 aromatic carbocycles. The van der Waals surface area contributed by atoms with Crippen LogP contribution >= 0.6 is 11.6 Å². The number of esters is 1. The van der Waals surface area contributed by atoms with E-state index in [1.54, 1.807) is 86.6 Å². The number of Topliss-reactive ketones (excluding diaryl/α,β-unsaturated/α-hetero) is 1. The lowest BCUT2D eigenvalue weighted by Crippen LogP contribution is -2.13. The van der Waals surface area contributed by atoms with E-state index in [1.807, 2.05) is 18.2 Å². The van der Waals surface area contributed by atoms with Crippen LogP contribution in [0.4, 0.5) is 0 Å². The number of carboxylic acid groups (broad SMARTS) is 1. The number of carboxylic acids is 1. The number of hydrogen-bond acceptors (Lipinski definition) is 8. The van der Waals surface area contributed by atoms with Crippen molar-refractivity contribution in [1.82, 2.24) is 19.9 Å². The van der Waals surface area contributed by atoms with Crippen molar-refractivity contribution in [2.24, 2.45) is 0 Å². The topological polar surface area (TPSA) is 132 Å². The molecule has 2 atom stereocenters. The van der Waals surface area contributed by atoms with Crippen LogP contribution in [-0.4, -0.2) is 42.8 Å². The number of carbonyl (C=O) groups excluding carboxylic acids is 2. The summed E-state index contributed by atoms with van der Waals surface area (Å²) >= 11 is 6.05. The maximum Gasteiger partial charge on any atom is 0.338 e. The zero-order valence-corrected chi connectivity index (χ0v) is 25.9. The molecule has 0 spiro atoms. The molecule has 7 aromatic rings. The van der Waals surface area contributed by atoms with Gasteiger partial charge in [-0.2, -0.15) is 0 Å². The molecular formula is C37H25ClN4O5. The van der Waals surface area contributed by atoms with Crippen LogP contribution in [0.25, 0.3) is 44.1 Å². The zero-order valence-electron chi connectivity index (χ0n) is 25.1. The number of rotatable bonds is 7. The van der Waals surface area contributed by atoms with Gasteiger partial charge in [-0.05, 0) is 67.1 Å². The Balaban J connectivity index is 1.26. The second-order valence-corrected chi connectivity index (χ2v) is 11.6. The van der Waals surface area contributed by atoms with Crippen molar-refractivity contribution in [2.45, 2.75) is 25.9 Å². The minimum absolute atomic E-state index is 0.0600. The van der Waals surface area contributed by atoms with Crippen molar-refractivity contribution in [2.75, 3.05) is 0 Å². The van der Waals surface area contributed by atoms with Gasteiger partial charge in [-0.25, -0.2) is 29.5 Å². The number of carbonyl (C=O) groups is 3.